The SMILES string of the molecule is CN1CCN(C(C)(C)C)CC1CC#N. The summed E-state index contributed by atoms with van der Waals surface area (Å²) in [5.74, 6) is 0. The monoisotopic (exact) mass is 195 g/mol. The molecule has 1 fully saturated rings. The van der Waals surface area contributed by atoms with Crippen molar-refractivity contribution in [3.05, 3.63) is 0 Å². The first kappa shape index (κ1) is 11.5. The molecule has 1 unspecified atom stereocenters. The lowest BCUT2D eigenvalue weighted by Crippen LogP contribution is -2.56. The Kier molecular flexibility index (Phi) is 3.52. The van der Waals surface area contributed by atoms with Crippen LogP contribution < -0.4 is 0 Å². The average Bonchev–Trinajstić information content (AvgIpc) is 2.07. The van der Waals surface area contributed by atoms with Gasteiger partial charge in [0.25, 0.3) is 0 Å². The molecule has 0 aromatic heterocycles. The van der Waals surface area contributed by atoms with Crippen LogP contribution in [0.1, 0.15) is 27.2 Å². The van der Waals surface area contributed by atoms with Gasteiger partial charge in [-0.15, -0.1) is 0 Å². The summed E-state index contributed by atoms with van der Waals surface area (Å²) >= 11 is 0. The predicted octanol–water partition coefficient (Wildman–Crippen LogP) is 1.31. The molecule has 1 atom stereocenters. The average molecular weight is 195 g/mol. The maximum absolute atomic E-state index is 8.73. The fourth-order valence-electron chi connectivity index (χ4n) is 1.88. The summed E-state index contributed by atoms with van der Waals surface area (Å²) in [6, 6.07) is 2.68. The van der Waals surface area contributed by atoms with Crippen LogP contribution in [0.4, 0.5) is 0 Å². The van der Waals surface area contributed by atoms with Gasteiger partial charge in [-0.3, -0.25) is 9.80 Å². The zero-order valence-electron chi connectivity index (χ0n) is 9.75. The van der Waals surface area contributed by atoms with Crippen LogP contribution in [0.3, 0.4) is 0 Å². The Bertz CT molecular complexity index is 224. The minimum absolute atomic E-state index is 0.231. The molecular formula is C11H21N3. The molecule has 3 heteroatoms. The van der Waals surface area contributed by atoms with Crippen molar-refractivity contribution in [2.75, 3.05) is 26.7 Å². The van der Waals surface area contributed by atoms with E-state index in [9.17, 15) is 0 Å². The first-order valence-electron chi connectivity index (χ1n) is 5.27. The lowest BCUT2D eigenvalue weighted by Gasteiger charge is -2.45. The summed E-state index contributed by atoms with van der Waals surface area (Å²) < 4.78 is 0. The molecule has 0 spiro atoms. The van der Waals surface area contributed by atoms with Crippen molar-refractivity contribution in [3.8, 4) is 6.07 Å². The molecule has 14 heavy (non-hydrogen) atoms. The molecule has 0 N–H and O–H groups in total. The number of nitriles is 1. The second-order valence-corrected chi connectivity index (χ2v) is 5.11. The smallest absolute Gasteiger partial charge is 0.0638 e. The minimum atomic E-state index is 0.231. The highest BCUT2D eigenvalue weighted by atomic mass is 15.3. The third kappa shape index (κ3) is 2.70. The number of hydrogen-bond donors (Lipinski definition) is 0. The lowest BCUT2D eigenvalue weighted by molar-refractivity contribution is 0.0367. The van der Waals surface area contributed by atoms with Crippen LogP contribution in [0.5, 0.6) is 0 Å². The van der Waals surface area contributed by atoms with Crippen LogP contribution in [0, 0.1) is 11.3 Å². The highest BCUT2D eigenvalue weighted by Gasteiger charge is 2.30. The van der Waals surface area contributed by atoms with Gasteiger partial charge >= 0.3 is 0 Å². The van der Waals surface area contributed by atoms with Crippen molar-refractivity contribution < 1.29 is 0 Å². The van der Waals surface area contributed by atoms with Gasteiger partial charge in [0.1, 0.15) is 0 Å². The van der Waals surface area contributed by atoms with Gasteiger partial charge in [-0.1, -0.05) is 0 Å². The van der Waals surface area contributed by atoms with Gasteiger partial charge in [0, 0.05) is 31.2 Å². The number of likely N-dealkylation sites (N-methyl/N-ethyl adjacent to an activating group) is 1. The van der Waals surface area contributed by atoms with E-state index in [2.05, 4.69) is 43.7 Å². The molecule has 0 bridgehead atoms. The highest BCUT2D eigenvalue weighted by Crippen LogP contribution is 2.19. The quantitative estimate of drug-likeness (QED) is 0.632. The Labute approximate surface area is 87.3 Å². The Balaban J connectivity index is 2.58. The second-order valence-electron chi connectivity index (χ2n) is 5.11. The summed E-state index contributed by atoms with van der Waals surface area (Å²) in [4.78, 5) is 4.76. The summed E-state index contributed by atoms with van der Waals surface area (Å²) in [5, 5.41) is 8.73. The molecule has 0 aromatic carbocycles. The van der Waals surface area contributed by atoms with Crippen LogP contribution in [-0.4, -0.2) is 48.1 Å². The molecule has 1 saturated heterocycles. The van der Waals surface area contributed by atoms with Crippen molar-refractivity contribution in [1.82, 2.24) is 9.80 Å². The normalized spacial score (nSPS) is 26.1. The summed E-state index contributed by atoms with van der Waals surface area (Å²) in [7, 11) is 2.11. The van der Waals surface area contributed by atoms with Crippen LogP contribution >= 0.6 is 0 Å². The number of piperazine rings is 1. The van der Waals surface area contributed by atoms with E-state index < -0.39 is 0 Å². The summed E-state index contributed by atoms with van der Waals surface area (Å²) in [6.45, 7) is 9.92. The van der Waals surface area contributed by atoms with Gasteiger partial charge in [-0.2, -0.15) is 5.26 Å². The molecule has 1 rings (SSSR count). The molecule has 1 heterocycles. The number of hydrogen-bond acceptors (Lipinski definition) is 3. The first-order valence-corrected chi connectivity index (χ1v) is 5.27. The molecule has 0 aliphatic carbocycles. The van der Waals surface area contributed by atoms with E-state index in [-0.39, 0.29) is 5.54 Å². The molecule has 80 valence electrons. The van der Waals surface area contributed by atoms with E-state index in [1.54, 1.807) is 0 Å². The van der Waals surface area contributed by atoms with Crippen molar-refractivity contribution in [3.63, 3.8) is 0 Å². The highest BCUT2D eigenvalue weighted by molar-refractivity contribution is 4.91. The Morgan fingerprint density at radius 3 is 2.50 bits per heavy atom. The van der Waals surface area contributed by atoms with Crippen molar-refractivity contribution in [2.45, 2.75) is 38.8 Å². The minimum Gasteiger partial charge on any atom is -0.300 e. The van der Waals surface area contributed by atoms with Gasteiger partial charge < -0.3 is 0 Å². The van der Waals surface area contributed by atoms with E-state index in [1.165, 1.54) is 0 Å². The third-order valence-corrected chi connectivity index (χ3v) is 3.05. The molecule has 3 nitrogen and oxygen atoms in total. The lowest BCUT2D eigenvalue weighted by atomic mass is 10.0. The van der Waals surface area contributed by atoms with Gasteiger partial charge in [0.05, 0.1) is 12.5 Å². The van der Waals surface area contributed by atoms with Crippen LogP contribution in [-0.2, 0) is 0 Å². The second kappa shape index (κ2) is 4.29. The van der Waals surface area contributed by atoms with Crippen LogP contribution in [0.2, 0.25) is 0 Å². The summed E-state index contributed by atoms with van der Waals surface area (Å²) in [5.41, 5.74) is 0.231. The standard InChI is InChI=1S/C11H21N3/c1-11(2,3)14-8-7-13(4)10(9-14)5-6-12/h10H,5,7-9H2,1-4H3. The Morgan fingerprint density at radius 1 is 1.36 bits per heavy atom. The zero-order chi connectivity index (χ0) is 10.8. The number of rotatable bonds is 1. The maximum atomic E-state index is 8.73. The fraction of sp³-hybridized carbons (Fsp3) is 0.909. The Hall–Kier alpha value is -0.590. The van der Waals surface area contributed by atoms with Crippen molar-refractivity contribution >= 4 is 0 Å². The zero-order valence-corrected chi connectivity index (χ0v) is 9.75. The van der Waals surface area contributed by atoms with Crippen LogP contribution in [0.15, 0.2) is 0 Å². The molecule has 0 saturated carbocycles. The molecular weight excluding hydrogens is 174 g/mol. The van der Waals surface area contributed by atoms with Gasteiger partial charge in [-0.05, 0) is 27.8 Å². The molecule has 1 aliphatic heterocycles. The van der Waals surface area contributed by atoms with E-state index >= 15 is 0 Å². The number of nitrogens with zero attached hydrogens (tertiary/aromatic N) is 3. The maximum Gasteiger partial charge on any atom is 0.0638 e. The van der Waals surface area contributed by atoms with Crippen molar-refractivity contribution in [2.24, 2.45) is 0 Å². The van der Waals surface area contributed by atoms with E-state index in [0.29, 0.717) is 12.5 Å². The van der Waals surface area contributed by atoms with Gasteiger partial charge in [0.2, 0.25) is 0 Å². The molecule has 1 aliphatic rings. The summed E-state index contributed by atoms with van der Waals surface area (Å²) in [6.07, 6.45) is 0.642. The van der Waals surface area contributed by atoms with Gasteiger partial charge in [0.15, 0.2) is 0 Å². The molecule has 0 amide bonds. The van der Waals surface area contributed by atoms with E-state index in [1.807, 2.05) is 0 Å². The topological polar surface area (TPSA) is 30.3 Å². The molecule has 0 aromatic rings. The van der Waals surface area contributed by atoms with E-state index in [4.69, 9.17) is 5.26 Å². The van der Waals surface area contributed by atoms with Crippen LogP contribution in [0.25, 0.3) is 0 Å². The van der Waals surface area contributed by atoms with Gasteiger partial charge in [-0.25, -0.2) is 0 Å². The first-order chi connectivity index (χ1) is 6.45. The molecule has 0 radical (unpaired) electrons. The predicted molar refractivity (Wildman–Crippen MR) is 58.0 cm³/mol. The van der Waals surface area contributed by atoms with Crippen molar-refractivity contribution in [1.29, 1.82) is 5.26 Å². The van der Waals surface area contributed by atoms with E-state index in [0.717, 1.165) is 19.6 Å². The fourth-order valence-corrected chi connectivity index (χ4v) is 1.88. The third-order valence-electron chi connectivity index (χ3n) is 3.05. The largest absolute Gasteiger partial charge is 0.300 e. The Morgan fingerprint density at radius 2 is 2.00 bits per heavy atom.